The maximum Gasteiger partial charge on any atom is 0.651 e. The maximum atomic E-state index is 10.9. The molecule has 66 valence electrons. The second-order valence-electron chi connectivity index (χ2n) is 2.40. The molecule has 0 aliphatic carbocycles. The molecule has 0 bridgehead atoms. The molecule has 1 aromatic heterocycles. The molecule has 2 aromatic rings. The predicted molar refractivity (Wildman–Crippen MR) is 50.3 cm³/mol. The Morgan fingerprint density at radius 1 is 1.46 bits per heavy atom. The first-order valence-corrected chi connectivity index (χ1v) is 5.04. The van der Waals surface area contributed by atoms with Gasteiger partial charge in [0.15, 0.2) is 5.58 Å². The first-order chi connectivity index (χ1) is 6.20. The van der Waals surface area contributed by atoms with Gasteiger partial charge in [-0.25, -0.2) is 0 Å². The molecule has 0 saturated heterocycles. The summed E-state index contributed by atoms with van der Waals surface area (Å²) in [6.07, 6.45) is 0. The van der Waals surface area contributed by atoms with E-state index in [4.69, 9.17) is 21.5 Å². The number of oxazole rings is 1. The van der Waals surface area contributed by atoms with Crippen LogP contribution >= 0.6 is 20.4 Å². The maximum absolute atomic E-state index is 10.9. The van der Waals surface area contributed by atoms with Gasteiger partial charge in [0.2, 0.25) is 0 Å². The first kappa shape index (κ1) is 8.56. The van der Waals surface area contributed by atoms with Gasteiger partial charge in [0, 0.05) is 0 Å². The molecular formula is C7H5NO3PS+. The second-order valence-corrected chi connectivity index (χ2v) is 3.65. The lowest BCUT2D eigenvalue weighted by molar-refractivity contribution is 0.487. The molecule has 6 heteroatoms. The minimum Gasteiger partial charge on any atom is -0.427 e. The van der Waals surface area contributed by atoms with E-state index in [0.29, 0.717) is 11.1 Å². The van der Waals surface area contributed by atoms with E-state index in [1.54, 1.807) is 24.3 Å². The highest BCUT2D eigenvalue weighted by atomic mass is 32.1. The summed E-state index contributed by atoms with van der Waals surface area (Å²) in [4.78, 5) is 8.96. The summed E-state index contributed by atoms with van der Waals surface area (Å²) in [6, 6.07) is 6.90. The van der Waals surface area contributed by atoms with E-state index >= 15 is 0 Å². The molecular weight excluding hydrogens is 209 g/mol. The van der Waals surface area contributed by atoms with E-state index in [1.807, 2.05) is 0 Å². The molecule has 1 N–H and O–H groups in total. The number of para-hydroxylation sites is 2. The third kappa shape index (κ3) is 1.31. The van der Waals surface area contributed by atoms with Gasteiger partial charge < -0.3 is 4.42 Å². The topological polar surface area (TPSA) is 55.4 Å². The summed E-state index contributed by atoms with van der Waals surface area (Å²) < 4.78 is 17.1. The first-order valence-electron chi connectivity index (χ1n) is 3.47. The van der Waals surface area contributed by atoms with Crippen LogP contribution in [0.4, 0.5) is 0 Å². The van der Waals surface area contributed by atoms with Crippen LogP contribution in [0.1, 0.15) is 0 Å². The standard InChI is InChI=1S/C7H4NO3PS/c9-12(10)8-5-3-1-2-4-6(5)11-7(8)13/h1-4H/p+1. The second kappa shape index (κ2) is 3.03. The lowest BCUT2D eigenvalue weighted by atomic mass is 10.3. The van der Waals surface area contributed by atoms with Crippen molar-refractivity contribution >= 4 is 31.5 Å². The number of fused-ring (bicyclic) bond motifs is 1. The van der Waals surface area contributed by atoms with Gasteiger partial charge in [-0.3, -0.25) is 0 Å². The van der Waals surface area contributed by atoms with Crippen LogP contribution in [0.3, 0.4) is 0 Å². The molecule has 0 saturated carbocycles. The molecule has 0 aliphatic heterocycles. The Morgan fingerprint density at radius 3 is 2.85 bits per heavy atom. The largest absolute Gasteiger partial charge is 0.651 e. The minimum atomic E-state index is -2.51. The summed E-state index contributed by atoms with van der Waals surface area (Å²) in [7, 11) is -2.51. The van der Waals surface area contributed by atoms with E-state index in [-0.39, 0.29) is 4.84 Å². The third-order valence-corrected chi connectivity index (χ3v) is 2.78. The Hall–Kier alpha value is -1.03. The van der Waals surface area contributed by atoms with Crippen molar-refractivity contribution in [3.8, 4) is 0 Å². The van der Waals surface area contributed by atoms with Crippen molar-refractivity contribution in [2.45, 2.75) is 0 Å². The van der Waals surface area contributed by atoms with Crippen molar-refractivity contribution < 1.29 is 13.9 Å². The van der Waals surface area contributed by atoms with Crippen molar-refractivity contribution in [1.29, 1.82) is 0 Å². The highest BCUT2D eigenvalue weighted by Crippen LogP contribution is 2.27. The molecule has 1 aromatic carbocycles. The number of aromatic nitrogens is 1. The van der Waals surface area contributed by atoms with Gasteiger partial charge in [0.05, 0.1) is 0 Å². The smallest absolute Gasteiger partial charge is 0.427 e. The third-order valence-electron chi connectivity index (χ3n) is 1.63. The number of benzene rings is 1. The number of hydrogen-bond acceptors (Lipinski definition) is 3. The van der Waals surface area contributed by atoms with E-state index < -0.39 is 8.18 Å². The van der Waals surface area contributed by atoms with Crippen molar-refractivity contribution in [2.24, 2.45) is 0 Å². The average molecular weight is 214 g/mol. The van der Waals surface area contributed by atoms with Crippen LogP contribution < -0.4 is 0 Å². The number of rotatable bonds is 1. The molecule has 0 amide bonds. The zero-order valence-electron chi connectivity index (χ0n) is 6.38. The van der Waals surface area contributed by atoms with E-state index in [2.05, 4.69) is 0 Å². The Balaban J connectivity index is 2.95. The SMILES string of the molecule is O=[P+](O)n1c(=S)oc2ccccc21. The fourth-order valence-electron chi connectivity index (χ4n) is 1.12. The summed E-state index contributed by atoms with van der Waals surface area (Å²) in [5.74, 6) is 0. The van der Waals surface area contributed by atoms with Crippen molar-refractivity contribution in [1.82, 2.24) is 4.34 Å². The summed E-state index contributed by atoms with van der Waals surface area (Å²) >= 11 is 4.78. The van der Waals surface area contributed by atoms with Crippen LogP contribution in [-0.2, 0) is 4.57 Å². The fourth-order valence-corrected chi connectivity index (χ4v) is 2.04. The Kier molecular flexibility index (Phi) is 2.00. The Labute approximate surface area is 79.3 Å². The minimum absolute atomic E-state index is 0.0183. The Bertz CT molecular complexity index is 530. The quantitative estimate of drug-likeness (QED) is 0.585. The highest BCUT2D eigenvalue weighted by Gasteiger charge is 2.21. The normalized spacial score (nSPS) is 11.9. The Morgan fingerprint density at radius 2 is 2.15 bits per heavy atom. The van der Waals surface area contributed by atoms with Crippen LogP contribution in [0.5, 0.6) is 0 Å². The van der Waals surface area contributed by atoms with Gasteiger partial charge in [0.25, 0.3) is 0 Å². The van der Waals surface area contributed by atoms with Crippen molar-refractivity contribution in [3.63, 3.8) is 0 Å². The number of nitrogens with zero attached hydrogens (tertiary/aromatic N) is 1. The summed E-state index contributed by atoms with van der Waals surface area (Å²) in [5.41, 5.74) is 1.06. The molecule has 1 atom stereocenters. The van der Waals surface area contributed by atoms with E-state index in [9.17, 15) is 4.57 Å². The van der Waals surface area contributed by atoms with Crippen LogP contribution in [0.25, 0.3) is 11.1 Å². The van der Waals surface area contributed by atoms with Crippen LogP contribution in [-0.4, -0.2) is 9.23 Å². The lowest BCUT2D eigenvalue weighted by Crippen LogP contribution is -1.83. The van der Waals surface area contributed by atoms with Crippen molar-refractivity contribution in [3.05, 3.63) is 29.1 Å². The molecule has 0 radical (unpaired) electrons. The molecule has 0 fully saturated rings. The van der Waals surface area contributed by atoms with Gasteiger partial charge in [-0.1, -0.05) is 16.5 Å². The van der Waals surface area contributed by atoms with Gasteiger partial charge >= 0.3 is 13.0 Å². The molecule has 4 nitrogen and oxygen atoms in total. The molecule has 0 aliphatic rings. The van der Waals surface area contributed by atoms with E-state index in [1.165, 1.54) is 0 Å². The monoisotopic (exact) mass is 214 g/mol. The molecule has 1 heterocycles. The molecule has 13 heavy (non-hydrogen) atoms. The van der Waals surface area contributed by atoms with Crippen LogP contribution in [0, 0.1) is 4.84 Å². The lowest BCUT2D eigenvalue weighted by Gasteiger charge is -1.82. The predicted octanol–water partition coefficient (Wildman–Crippen LogP) is 2.46. The average Bonchev–Trinajstić information content (AvgIpc) is 2.39. The van der Waals surface area contributed by atoms with Crippen molar-refractivity contribution in [2.75, 3.05) is 0 Å². The summed E-state index contributed by atoms with van der Waals surface area (Å²) in [5, 5.41) is 0. The number of hydrogen-bond donors (Lipinski definition) is 1. The fraction of sp³-hybridized carbons (Fsp3) is 0. The summed E-state index contributed by atoms with van der Waals surface area (Å²) in [6.45, 7) is 0. The molecule has 0 spiro atoms. The van der Waals surface area contributed by atoms with Gasteiger partial charge in [0.1, 0.15) is 5.52 Å². The molecule has 1 unspecified atom stereocenters. The zero-order chi connectivity index (χ0) is 9.42. The van der Waals surface area contributed by atoms with Gasteiger partial charge in [-0.2, -0.15) is 0 Å². The van der Waals surface area contributed by atoms with Gasteiger partial charge in [-0.15, -0.1) is 4.89 Å². The molecule has 2 rings (SSSR count). The van der Waals surface area contributed by atoms with Gasteiger partial charge in [-0.05, 0) is 28.9 Å². The zero-order valence-corrected chi connectivity index (χ0v) is 8.09. The highest BCUT2D eigenvalue weighted by molar-refractivity contribution is 7.71. The van der Waals surface area contributed by atoms with Crippen LogP contribution in [0.15, 0.2) is 28.7 Å². The van der Waals surface area contributed by atoms with E-state index in [0.717, 1.165) is 4.34 Å². The van der Waals surface area contributed by atoms with Crippen LogP contribution in [0.2, 0.25) is 0 Å².